The highest BCUT2D eigenvalue weighted by Crippen LogP contribution is 2.28. The van der Waals surface area contributed by atoms with Crippen LogP contribution in [0.5, 0.6) is 0 Å². The first kappa shape index (κ1) is 25.5. The van der Waals surface area contributed by atoms with Crippen molar-refractivity contribution in [2.24, 2.45) is 4.99 Å². The molecule has 0 radical (unpaired) electrons. The van der Waals surface area contributed by atoms with Gasteiger partial charge in [-0.2, -0.15) is 8.42 Å². The standard InChI is InChI=1S/C23H30BrN3O5S/c1-16-5-8-18(9-6-16)33(29,30)31-14-13-27-20-15-17(24)7-10-19(20)26-21(27)11-12-25-22(28)32-23(2,3)4/h5-10,15,19-20H,11-14H2,1-4H3,(H,25,28). The zero-order valence-electron chi connectivity index (χ0n) is 19.2. The van der Waals surface area contributed by atoms with Crippen molar-refractivity contribution in [2.45, 2.75) is 56.7 Å². The number of hydrogen-bond acceptors (Lipinski definition) is 7. The number of halogens is 1. The van der Waals surface area contributed by atoms with Gasteiger partial charge in [-0.3, -0.25) is 9.18 Å². The zero-order chi connectivity index (χ0) is 24.2. The summed E-state index contributed by atoms with van der Waals surface area (Å²) in [5.74, 6) is 0.778. The topological polar surface area (TPSA) is 97.3 Å². The monoisotopic (exact) mass is 539 g/mol. The molecule has 2 unspecified atom stereocenters. The largest absolute Gasteiger partial charge is 0.444 e. The van der Waals surface area contributed by atoms with Crippen LogP contribution in [0.4, 0.5) is 4.79 Å². The highest BCUT2D eigenvalue weighted by molar-refractivity contribution is 9.11. The number of ether oxygens (including phenoxy) is 1. The number of nitrogens with one attached hydrogen (secondary N) is 1. The SMILES string of the molecule is Cc1ccc(S(=O)(=O)OCCN2C(CCNC(=O)OC(C)(C)C)=NC3C=CC(Br)=CC32)cc1. The van der Waals surface area contributed by atoms with E-state index in [1.807, 2.05) is 30.1 Å². The predicted octanol–water partition coefficient (Wildman–Crippen LogP) is 3.92. The molecular weight excluding hydrogens is 510 g/mol. The highest BCUT2D eigenvalue weighted by atomic mass is 79.9. The lowest BCUT2D eigenvalue weighted by Gasteiger charge is -2.29. The number of nitrogens with zero attached hydrogens (tertiary/aromatic N) is 2. The molecule has 0 fully saturated rings. The molecular formula is C23H30BrN3O5S. The molecule has 1 amide bonds. The maximum atomic E-state index is 12.5. The maximum Gasteiger partial charge on any atom is 0.407 e. The van der Waals surface area contributed by atoms with Crippen LogP contribution in [0.3, 0.4) is 0 Å². The Morgan fingerprint density at radius 2 is 1.94 bits per heavy atom. The van der Waals surface area contributed by atoms with Crippen molar-refractivity contribution in [3.05, 3.63) is 52.5 Å². The van der Waals surface area contributed by atoms with Crippen molar-refractivity contribution in [1.29, 1.82) is 0 Å². The number of benzene rings is 1. The molecule has 180 valence electrons. The molecule has 0 saturated heterocycles. The lowest BCUT2D eigenvalue weighted by atomic mass is 10.0. The molecule has 3 rings (SSSR count). The van der Waals surface area contributed by atoms with E-state index >= 15 is 0 Å². The summed E-state index contributed by atoms with van der Waals surface area (Å²) in [6.45, 7) is 7.98. The van der Waals surface area contributed by atoms with Gasteiger partial charge in [0.1, 0.15) is 11.4 Å². The van der Waals surface area contributed by atoms with Crippen LogP contribution in [0.15, 0.2) is 56.9 Å². The molecule has 0 bridgehead atoms. The van der Waals surface area contributed by atoms with Gasteiger partial charge in [0, 0.05) is 24.0 Å². The maximum absolute atomic E-state index is 12.5. The van der Waals surface area contributed by atoms with Gasteiger partial charge in [0.15, 0.2) is 0 Å². The first-order valence-corrected chi connectivity index (χ1v) is 13.0. The fourth-order valence-electron chi connectivity index (χ4n) is 3.53. The Balaban J connectivity index is 1.62. The Labute approximate surface area is 204 Å². The number of carbonyl (C=O) groups is 1. The van der Waals surface area contributed by atoms with Gasteiger partial charge in [-0.05, 0) is 45.9 Å². The van der Waals surface area contributed by atoms with E-state index in [2.05, 4.69) is 21.2 Å². The summed E-state index contributed by atoms with van der Waals surface area (Å²) in [5.41, 5.74) is 0.401. The minimum Gasteiger partial charge on any atom is -0.444 e. The molecule has 0 saturated carbocycles. The van der Waals surface area contributed by atoms with Crippen LogP contribution in [-0.4, -0.2) is 62.6 Å². The summed E-state index contributed by atoms with van der Waals surface area (Å²) in [6, 6.07) is 6.43. The average Bonchev–Trinajstić information content (AvgIpc) is 3.03. The number of rotatable bonds is 8. The van der Waals surface area contributed by atoms with Crippen molar-refractivity contribution in [3.8, 4) is 0 Å². The van der Waals surface area contributed by atoms with Gasteiger partial charge in [-0.1, -0.05) is 45.8 Å². The lowest BCUT2D eigenvalue weighted by Crippen LogP contribution is -2.42. The number of fused-ring (bicyclic) bond motifs is 1. The average molecular weight is 540 g/mol. The van der Waals surface area contributed by atoms with Crippen molar-refractivity contribution >= 4 is 38.0 Å². The quantitative estimate of drug-likeness (QED) is 0.503. The van der Waals surface area contributed by atoms with Gasteiger partial charge in [-0.15, -0.1) is 0 Å². The van der Waals surface area contributed by atoms with Gasteiger partial charge in [-0.25, -0.2) is 4.79 Å². The van der Waals surface area contributed by atoms with Crippen molar-refractivity contribution in [3.63, 3.8) is 0 Å². The molecule has 0 aromatic heterocycles. The van der Waals surface area contributed by atoms with Gasteiger partial charge in [0.05, 0.1) is 23.6 Å². The fourth-order valence-corrected chi connectivity index (χ4v) is 4.85. The lowest BCUT2D eigenvalue weighted by molar-refractivity contribution is 0.0529. The smallest absolute Gasteiger partial charge is 0.407 e. The second kappa shape index (κ2) is 10.4. The zero-order valence-corrected chi connectivity index (χ0v) is 21.6. The number of hydrogen-bond donors (Lipinski definition) is 1. The minimum absolute atomic E-state index is 0.0207. The normalized spacial score (nSPS) is 20.2. The summed E-state index contributed by atoms with van der Waals surface area (Å²) in [7, 11) is -3.85. The van der Waals surface area contributed by atoms with E-state index in [1.54, 1.807) is 32.9 Å². The number of aliphatic imine (C=N–C) groups is 1. The van der Waals surface area contributed by atoms with Gasteiger partial charge in [0.2, 0.25) is 0 Å². The number of carbonyl (C=O) groups excluding carboxylic acids is 1. The van der Waals surface area contributed by atoms with Crippen LogP contribution >= 0.6 is 15.9 Å². The van der Waals surface area contributed by atoms with Gasteiger partial charge < -0.3 is 15.0 Å². The van der Waals surface area contributed by atoms with Crippen molar-refractivity contribution in [1.82, 2.24) is 10.2 Å². The van der Waals surface area contributed by atoms with E-state index in [1.165, 1.54) is 12.1 Å². The Morgan fingerprint density at radius 1 is 1.24 bits per heavy atom. The third-order valence-electron chi connectivity index (χ3n) is 5.02. The molecule has 10 heteroatoms. The summed E-state index contributed by atoms with van der Waals surface area (Å²) in [6.07, 6.45) is 5.98. The van der Waals surface area contributed by atoms with Crippen LogP contribution < -0.4 is 5.32 Å². The number of amides is 1. The Morgan fingerprint density at radius 3 is 2.61 bits per heavy atom. The van der Waals surface area contributed by atoms with E-state index in [0.29, 0.717) is 19.5 Å². The van der Waals surface area contributed by atoms with E-state index < -0.39 is 21.8 Å². The molecule has 1 heterocycles. The third-order valence-corrected chi connectivity index (χ3v) is 6.87. The molecule has 0 spiro atoms. The van der Waals surface area contributed by atoms with Crippen LogP contribution in [0, 0.1) is 6.92 Å². The van der Waals surface area contributed by atoms with E-state index in [0.717, 1.165) is 15.9 Å². The van der Waals surface area contributed by atoms with Crippen LogP contribution in [0.1, 0.15) is 32.8 Å². The van der Waals surface area contributed by atoms with Crippen LogP contribution in [-0.2, 0) is 19.0 Å². The number of aryl methyl sites for hydroxylation is 1. The van der Waals surface area contributed by atoms with Gasteiger partial charge >= 0.3 is 6.09 Å². The molecule has 1 aromatic carbocycles. The van der Waals surface area contributed by atoms with Crippen LogP contribution in [0.2, 0.25) is 0 Å². The van der Waals surface area contributed by atoms with Crippen LogP contribution in [0.25, 0.3) is 0 Å². The first-order chi connectivity index (χ1) is 15.4. The number of alkyl carbamates (subject to hydrolysis) is 1. The molecule has 8 nitrogen and oxygen atoms in total. The van der Waals surface area contributed by atoms with E-state index in [4.69, 9.17) is 13.9 Å². The predicted molar refractivity (Wildman–Crippen MR) is 131 cm³/mol. The Hall–Kier alpha value is -2.17. The molecule has 1 aliphatic heterocycles. The Bertz CT molecular complexity index is 1060. The van der Waals surface area contributed by atoms with E-state index in [9.17, 15) is 13.2 Å². The molecule has 33 heavy (non-hydrogen) atoms. The summed E-state index contributed by atoms with van der Waals surface area (Å²) < 4.78 is 36.6. The molecule has 1 aromatic rings. The molecule has 1 N–H and O–H groups in total. The Kier molecular flexibility index (Phi) is 8.02. The summed E-state index contributed by atoms with van der Waals surface area (Å²) >= 11 is 3.50. The molecule has 1 aliphatic carbocycles. The molecule has 2 aliphatic rings. The summed E-state index contributed by atoms with van der Waals surface area (Å²) in [4.78, 5) is 18.9. The highest BCUT2D eigenvalue weighted by Gasteiger charge is 2.34. The third kappa shape index (κ3) is 7.15. The first-order valence-electron chi connectivity index (χ1n) is 10.8. The fraction of sp³-hybridized carbons (Fsp3) is 0.478. The van der Waals surface area contributed by atoms with Gasteiger partial charge in [0.25, 0.3) is 10.1 Å². The summed E-state index contributed by atoms with van der Waals surface area (Å²) in [5, 5.41) is 2.74. The minimum atomic E-state index is -3.85. The molecule has 2 atom stereocenters. The second-order valence-corrected chi connectivity index (χ2v) is 11.4. The number of allylic oxidation sites excluding steroid dienone is 2. The second-order valence-electron chi connectivity index (χ2n) is 8.90. The van der Waals surface area contributed by atoms with Crippen molar-refractivity contribution < 1.29 is 22.1 Å². The van der Waals surface area contributed by atoms with Crippen molar-refractivity contribution in [2.75, 3.05) is 19.7 Å². The van der Waals surface area contributed by atoms with E-state index in [-0.39, 0.29) is 23.6 Å². The number of amidine groups is 1.